The first-order chi connectivity index (χ1) is 10.2. The Morgan fingerprint density at radius 3 is 2.95 bits per heavy atom. The number of pyridine rings is 1. The standard InChI is InChI=1S/C15H16N6.ClH/c16-7-10-5-11(8-19-14(10)17)12-6-13-15(1-3-18-9-15)2-4-21(13)20-12;/h5-6,8,18H,1-4,9H2,(H2,17,19);1H. The van der Waals surface area contributed by atoms with Crippen molar-refractivity contribution >= 4 is 18.2 Å². The minimum absolute atomic E-state index is 0. The van der Waals surface area contributed by atoms with Gasteiger partial charge in [-0.3, -0.25) is 4.68 Å². The van der Waals surface area contributed by atoms with E-state index in [1.54, 1.807) is 12.3 Å². The van der Waals surface area contributed by atoms with Crippen LogP contribution in [0.3, 0.4) is 0 Å². The van der Waals surface area contributed by atoms with E-state index in [9.17, 15) is 0 Å². The van der Waals surface area contributed by atoms with Crippen LogP contribution < -0.4 is 11.1 Å². The van der Waals surface area contributed by atoms with Crippen molar-refractivity contribution in [2.45, 2.75) is 24.8 Å². The van der Waals surface area contributed by atoms with Crippen LogP contribution >= 0.6 is 12.4 Å². The van der Waals surface area contributed by atoms with E-state index in [0.717, 1.165) is 37.3 Å². The van der Waals surface area contributed by atoms with Crippen LogP contribution in [0.15, 0.2) is 18.3 Å². The molecule has 0 amide bonds. The number of aromatic nitrogens is 3. The molecule has 4 heterocycles. The highest BCUT2D eigenvalue weighted by Gasteiger charge is 2.42. The number of nitriles is 1. The molecule has 1 unspecified atom stereocenters. The third kappa shape index (κ3) is 2.05. The van der Waals surface area contributed by atoms with Crippen LogP contribution in [0.2, 0.25) is 0 Å². The number of rotatable bonds is 1. The molecule has 7 heteroatoms. The SMILES string of the molecule is Cl.N#Cc1cc(-c2cc3n(n2)CCC32CCNC2)cnc1N. The smallest absolute Gasteiger partial charge is 0.141 e. The Hall–Kier alpha value is -2.10. The van der Waals surface area contributed by atoms with Crippen LogP contribution in [-0.2, 0) is 12.0 Å². The van der Waals surface area contributed by atoms with Crippen molar-refractivity contribution in [2.75, 3.05) is 18.8 Å². The Bertz CT molecular complexity index is 754. The van der Waals surface area contributed by atoms with Crippen LogP contribution in [-0.4, -0.2) is 27.9 Å². The van der Waals surface area contributed by atoms with Crippen molar-refractivity contribution in [1.82, 2.24) is 20.1 Å². The summed E-state index contributed by atoms with van der Waals surface area (Å²) in [7, 11) is 0. The van der Waals surface area contributed by atoms with Gasteiger partial charge in [0, 0.05) is 36.0 Å². The Kier molecular flexibility index (Phi) is 3.55. The molecule has 0 radical (unpaired) electrons. The first kappa shape index (κ1) is 14.8. The predicted octanol–water partition coefficient (Wildman–Crippen LogP) is 1.46. The lowest BCUT2D eigenvalue weighted by molar-refractivity contribution is 0.467. The van der Waals surface area contributed by atoms with Crippen molar-refractivity contribution in [1.29, 1.82) is 5.26 Å². The van der Waals surface area contributed by atoms with Crippen molar-refractivity contribution in [3.8, 4) is 17.3 Å². The fourth-order valence-electron chi connectivity index (χ4n) is 3.48. The van der Waals surface area contributed by atoms with E-state index in [-0.39, 0.29) is 23.6 Å². The summed E-state index contributed by atoms with van der Waals surface area (Å²) in [6.07, 6.45) is 4.02. The molecular formula is C15H17ClN6. The van der Waals surface area contributed by atoms with E-state index >= 15 is 0 Å². The second-order valence-corrected chi connectivity index (χ2v) is 5.86. The molecule has 1 atom stereocenters. The highest BCUT2D eigenvalue weighted by molar-refractivity contribution is 5.85. The number of nitrogen functional groups attached to an aromatic ring is 1. The van der Waals surface area contributed by atoms with Gasteiger partial charge in [-0.25, -0.2) is 4.98 Å². The molecule has 2 aliphatic rings. The summed E-state index contributed by atoms with van der Waals surface area (Å²) < 4.78 is 2.10. The normalized spacial score (nSPS) is 22.3. The van der Waals surface area contributed by atoms with Gasteiger partial charge in [-0.05, 0) is 31.5 Å². The molecule has 2 aromatic rings. The number of anilines is 1. The van der Waals surface area contributed by atoms with E-state index in [1.807, 2.05) is 0 Å². The molecule has 1 fully saturated rings. The van der Waals surface area contributed by atoms with E-state index < -0.39 is 0 Å². The molecule has 114 valence electrons. The highest BCUT2D eigenvalue weighted by atomic mass is 35.5. The third-order valence-electron chi connectivity index (χ3n) is 4.70. The van der Waals surface area contributed by atoms with Crippen molar-refractivity contribution in [2.24, 2.45) is 0 Å². The Morgan fingerprint density at radius 2 is 2.23 bits per heavy atom. The Balaban J connectivity index is 0.00000144. The van der Waals surface area contributed by atoms with E-state index in [4.69, 9.17) is 11.0 Å². The van der Waals surface area contributed by atoms with E-state index in [0.29, 0.717) is 5.56 Å². The van der Waals surface area contributed by atoms with Gasteiger partial charge in [0.1, 0.15) is 11.9 Å². The maximum Gasteiger partial charge on any atom is 0.141 e. The lowest BCUT2D eigenvalue weighted by atomic mass is 9.82. The second kappa shape index (κ2) is 5.27. The van der Waals surface area contributed by atoms with Crippen LogP contribution in [0.1, 0.15) is 24.1 Å². The van der Waals surface area contributed by atoms with Crippen molar-refractivity contribution < 1.29 is 0 Å². The molecule has 2 aromatic heterocycles. The molecule has 0 saturated carbocycles. The quantitative estimate of drug-likeness (QED) is 0.831. The fourth-order valence-corrected chi connectivity index (χ4v) is 3.48. The first-order valence-corrected chi connectivity index (χ1v) is 7.17. The topological polar surface area (TPSA) is 92.5 Å². The molecule has 6 nitrogen and oxygen atoms in total. The van der Waals surface area contributed by atoms with E-state index in [2.05, 4.69) is 32.2 Å². The molecule has 3 N–H and O–H groups in total. The van der Waals surface area contributed by atoms with Gasteiger partial charge in [0.15, 0.2) is 0 Å². The van der Waals surface area contributed by atoms with E-state index in [1.165, 1.54) is 12.1 Å². The Morgan fingerprint density at radius 1 is 1.36 bits per heavy atom. The zero-order valence-corrected chi connectivity index (χ0v) is 12.9. The molecular weight excluding hydrogens is 300 g/mol. The van der Waals surface area contributed by atoms with Crippen LogP contribution in [0.25, 0.3) is 11.3 Å². The summed E-state index contributed by atoms with van der Waals surface area (Å²) in [5, 5.41) is 17.2. The molecule has 1 saturated heterocycles. The summed E-state index contributed by atoms with van der Waals surface area (Å²) >= 11 is 0. The number of aryl methyl sites for hydroxylation is 1. The van der Waals surface area contributed by atoms with Gasteiger partial charge in [-0.15, -0.1) is 12.4 Å². The fraction of sp³-hybridized carbons (Fsp3) is 0.400. The number of nitrogens with zero attached hydrogens (tertiary/aromatic N) is 4. The minimum atomic E-state index is 0. The van der Waals surface area contributed by atoms with Gasteiger partial charge in [0.2, 0.25) is 0 Å². The number of hydrogen-bond acceptors (Lipinski definition) is 5. The first-order valence-electron chi connectivity index (χ1n) is 7.17. The molecule has 0 aromatic carbocycles. The number of halogens is 1. The monoisotopic (exact) mass is 316 g/mol. The molecule has 4 rings (SSSR count). The van der Waals surface area contributed by atoms with Gasteiger partial charge in [0.25, 0.3) is 0 Å². The summed E-state index contributed by atoms with van der Waals surface area (Å²) in [6, 6.07) is 5.98. The summed E-state index contributed by atoms with van der Waals surface area (Å²) in [6.45, 7) is 3.06. The molecule has 0 aliphatic carbocycles. The van der Waals surface area contributed by atoms with Crippen LogP contribution in [0.5, 0.6) is 0 Å². The predicted molar refractivity (Wildman–Crippen MR) is 85.6 cm³/mol. The summed E-state index contributed by atoms with van der Waals surface area (Å²) in [5.74, 6) is 0.268. The van der Waals surface area contributed by atoms with Crippen molar-refractivity contribution in [3.63, 3.8) is 0 Å². The Labute approximate surface area is 134 Å². The lowest BCUT2D eigenvalue weighted by Gasteiger charge is -2.20. The van der Waals surface area contributed by atoms with Crippen LogP contribution in [0, 0.1) is 11.3 Å². The van der Waals surface area contributed by atoms with Gasteiger partial charge in [-0.1, -0.05) is 0 Å². The average molecular weight is 317 g/mol. The molecule has 2 aliphatic heterocycles. The maximum atomic E-state index is 9.07. The van der Waals surface area contributed by atoms with Gasteiger partial charge in [0.05, 0.1) is 11.3 Å². The van der Waals surface area contributed by atoms with Crippen LogP contribution in [0.4, 0.5) is 5.82 Å². The van der Waals surface area contributed by atoms with Gasteiger partial charge in [-0.2, -0.15) is 10.4 Å². The average Bonchev–Trinajstić information content (AvgIpc) is 3.19. The molecule has 22 heavy (non-hydrogen) atoms. The zero-order chi connectivity index (χ0) is 14.4. The van der Waals surface area contributed by atoms with Gasteiger partial charge >= 0.3 is 0 Å². The summed E-state index contributed by atoms with van der Waals surface area (Å²) in [5.41, 5.74) is 9.35. The summed E-state index contributed by atoms with van der Waals surface area (Å²) in [4.78, 5) is 4.09. The highest BCUT2D eigenvalue weighted by Crippen LogP contribution is 2.41. The number of fused-ring (bicyclic) bond motifs is 2. The third-order valence-corrected chi connectivity index (χ3v) is 4.70. The van der Waals surface area contributed by atoms with Crippen molar-refractivity contribution in [3.05, 3.63) is 29.6 Å². The number of nitrogens with two attached hydrogens (primary N) is 1. The number of nitrogens with one attached hydrogen (secondary N) is 1. The largest absolute Gasteiger partial charge is 0.383 e. The second-order valence-electron chi connectivity index (χ2n) is 5.86. The minimum Gasteiger partial charge on any atom is -0.383 e. The molecule has 1 spiro atoms. The number of hydrogen-bond donors (Lipinski definition) is 2. The lowest BCUT2D eigenvalue weighted by Crippen LogP contribution is -2.25. The van der Waals surface area contributed by atoms with Gasteiger partial charge < -0.3 is 11.1 Å². The zero-order valence-electron chi connectivity index (χ0n) is 12.0. The maximum absolute atomic E-state index is 9.07. The molecule has 0 bridgehead atoms.